The number of anilines is 1. The van der Waals surface area contributed by atoms with E-state index in [-0.39, 0.29) is 0 Å². The van der Waals surface area contributed by atoms with Gasteiger partial charge in [-0.05, 0) is 49.4 Å². The number of piperidine rings is 1. The molecule has 1 saturated heterocycles. The first-order valence-corrected chi connectivity index (χ1v) is 9.12. The summed E-state index contributed by atoms with van der Waals surface area (Å²) in [5.74, 6) is 2.37. The number of rotatable bonds is 6. The minimum atomic E-state index is 0.370. The lowest BCUT2D eigenvalue weighted by atomic mass is 9.94. The lowest BCUT2D eigenvalue weighted by Gasteiger charge is -2.33. The van der Waals surface area contributed by atoms with E-state index < -0.39 is 0 Å². The van der Waals surface area contributed by atoms with Crippen LogP contribution >= 0.6 is 23.2 Å². The molecule has 0 aliphatic carbocycles. The number of aromatic nitrogens is 2. The Morgan fingerprint density at radius 1 is 1.08 bits per heavy atom. The monoisotopic (exact) mass is 381 g/mol. The topological polar surface area (TPSA) is 47.5 Å². The molecule has 1 aliphatic heterocycles. The minimum absolute atomic E-state index is 0.370. The highest BCUT2D eigenvalue weighted by Crippen LogP contribution is 2.30. The zero-order chi connectivity index (χ0) is 17.6. The molecule has 1 aromatic heterocycles. The Hall–Kier alpha value is -1.72. The second-order valence-corrected chi connectivity index (χ2v) is 6.83. The standard InChI is InChI=1S/C18H21Cl2N3O2/c1-24-14-2-4-15(5-3-14)25-11-8-13-6-9-23(10-7-13)16-12-17(19)21-22-18(16)20/h2-5,12-13H,6-11H2,1H3. The summed E-state index contributed by atoms with van der Waals surface area (Å²) in [5, 5.41) is 8.42. The summed E-state index contributed by atoms with van der Waals surface area (Å²) < 4.78 is 11.0. The highest BCUT2D eigenvalue weighted by molar-refractivity contribution is 6.33. The number of halogens is 2. The molecule has 2 heterocycles. The molecule has 2 aromatic rings. The largest absolute Gasteiger partial charge is 0.497 e. The van der Waals surface area contributed by atoms with Crippen LogP contribution in [0.3, 0.4) is 0 Å². The zero-order valence-electron chi connectivity index (χ0n) is 14.1. The van der Waals surface area contributed by atoms with Gasteiger partial charge in [0.1, 0.15) is 11.5 Å². The van der Waals surface area contributed by atoms with Crippen LogP contribution in [0.2, 0.25) is 10.3 Å². The predicted molar refractivity (Wildman–Crippen MR) is 100 cm³/mol. The van der Waals surface area contributed by atoms with E-state index in [9.17, 15) is 0 Å². The second-order valence-electron chi connectivity index (χ2n) is 6.09. The third kappa shape index (κ3) is 4.89. The van der Waals surface area contributed by atoms with E-state index in [0.29, 0.717) is 16.2 Å². The maximum Gasteiger partial charge on any atom is 0.175 e. The molecule has 1 aromatic carbocycles. The number of nitrogens with zero attached hydrogens (tertiary/aromatic N) is 3. The molecule has 0 radical (unpaired) electrons. The second kappa shape index (κ2) is 8.59. The van der Waals surface area contributed by atoms with Gasteiger partial charge in [-0.25, -0.2) is 0 Å². The van der Waals surface area contributed by atoms with E-state index in [0.717, 1.165) is 56.1 Å². The smallest absolute Gasteiger partial charge is 0.175 e. The van der Waals surface area contributed by atoms with Gasteiger partial charge in [0.25, 0.3) is 0 Å². The van der Waals surface area contributed by atoms with Gasteiger partial charge < -0.3 is 14.4 Å². The van der Waals surface area contributed by atoms with Gasteiger partial charge in [-0.3, -0.25) is 0 Å². The number of hydrogen-bond acceptors (Lipinski definition) is 5. The Labute approximate surface area is 157 Å². The van der Waals surface area contributed by atoms with E-state index >= 15 is 0 Å². The Morgan fingerprint density at radius 3 is 2.44 bits per heavy atom. The molecule has 0 unspecified atom stereocenters. The number of ether oxygens (including phenoxy) is 2. The average molecular weight is 382 g/mol. The van der Waals surface area contributed by atoms with Crippen molar-refractivity contribution in [1.29, 1.82) is 0 Å². The van der Waals surface area contributed by atoms with Crippen molar-refractivity contribution in [2.24, 2.45) is 5.92 Å². The summed E-state index contributed by atoms with van der Waals surface area (Å²) in [7, 11) is 1.66. The molecule has 0 saturated carbocycles. The van der Waals surface area contributed by atoms with E-state index in [1.165, 1.54) is 0 Å². The van der Waals surface area contributed by atoms with Crippen LogP contribution < -0.4 is 14.4 Å². The van der Waals surface area contributed by atoms with Crippen LogP contribution in [-0.4, -0.2) is 37.0 Å². The van der Waals surface area contributed by atoms with Gasteiger partial charge in [-0.2, -0.15) is 0 Å². The van der Waals surface area contributed by atoms with Gasteiger partial charge in [0.2, 0.25) is 0 Å². The zero-order valence-corrected chi connectivity index (χ0v) is 15.6. The van der Waals surface area contributed by atoms with Crippen LogP contribution in [0, 0.1) is 5.92 Å². The maximum absolute atomic E-state index is 6.14. The summed E-state index contributed by atoms with van der Waals surface area (Å²) in [5.41, 5.74) is 0.870. The average Bonchev–Trinajstić information content (AvgIpc) is 2.65. The Balaban J connectivity index is 1.44. The molecule has 7 heteroatoms. The summed E-state index contributed by atoms with van der Waals surface area (Å²) in [6.45, 7) is 2.60. The third-order valence-electron chi connectivity index (χ3n) is 4.51. The first-order chi connectivity index (χ1) is 12.2. The van der Waals surface area contributed by atoms with Crippen molar-refractivity contribution in [3.8, 4) is 11.5 Å². The van der Waals surface area contributed by atoms with Crippen LogP contribution in [0.25, 0.3) is 0 Å². The van der Waals surface area contributed by atoms with Gasteiger partial charge in [-0.1, -0.05) is 23.2 Å². The molecule has 134 valence electrons. The lowest BCUT2D eigenvalue weighted by Crippen LogP contribution is -2.34. The molecule has 3 rings (SSSR count). The van der Waals surface area contributed by atoms with Crippen molar-refractivity contribution in [3.63, 3.8) is 0 Å². The van der Waals surface area contributed by atoms with Crippen LogP contribution in [-0.2, 0) is 0 Å². The van der Waals surface area contributed by atoms with Crippen LogP contribution in [0.15, 0.2) is 30.3 Å². The quantitative estimate of drug-likeness (QED) is 0.737. The van der Waals surface area contributed by atoms with Gasteiger partial charge >= 0.3 is 0 Å². The summed E-state index contributed by atoms with van der Waals surface area (Å²) in [6, 6.07) is 9.47. The predicted octanol–water partition coefficient (Wildman–Crippen LogP) is 4.48. The maximum atomic E-state index is 6.14. The Kier molecular flexibility index (Phi) is 6.21. The molecule has 1 fully saturated rings. The fraction of sp³-hybridized carbons (Fsp3) is 0.444. The van der Waals surface area contributed by atoms with E-state index in [2.05, 4.69) is 15.1 Å². The van der Waals surface area contributed by atoms with Gasteiger partial charge in [0.05, 0.1) is 19.4 Å². The highest BCUT2D eigenvalue weighted by atomic mass is 35.5. The number of benzene rings is 1. The highest BCUT2D eigenvalue weighted by Gasteiger charge is 2.21. The van der Waals surface area contributed by atoms with Gasteiger partial charge in [0.15, 0.2) is 10.3 Å². The summed E-state index contributed by atoms with van der Waals surface area (Å²) in [4.78, 5) is 2.23. The van der Waals surface area contributed by atoms with Crippen molar-refractivity contribution >= 4 is 28.9 Å². The number of methoxy groups -OCH3 is 1. The molecule has 25 heavy (non-hydrogen) atoms. The fourth-order valence-corrected chi connectivity index (χ4v) is 3.40. The molecule has 0 amide bonds. The fourth-order valence-electron chi connectivity index (χ4n) is 3.04. The molecule has 5 nitrogen and oxygen atoms in total. The molecular weight excluding hydrogens is 361 g/mol. The first-order valence-electron chi connectivity index (χ1n) is 8.36. The molecule has 0 spiro atoms. The SMILES string of the molecule is COc1ccc(OCCC2CCN(c3cc(Cl)nnc3Cl)CC2)cc1. The molecule has 0 N–H and O–H groups in total. The van der Waals surface area contributed by atoms with Gasteiger partial charge in [0, 0.05) is 19.2 Å². The summed E-state index contributed by atoms with van der Waals surface area (Å²) >= 11 is 12.1. The molecule has 1 aliphatic rings. The van der Waals surface area contributed by atoms with Crippen molar-refractivity contribution < 1.29 is 9.47 Å². The van der Waals surface area contributed by atoms with E-state index in [1.807, 2.05) is 24.3 Å². The van der Waals surface area contributed by atoms with Crippen molar-refractivity contribution in [2.75, 3.05) is 31.7 Å². The van der Waals surface area contributed by atoms with Gasteiger partial charge in [-0.15, -0.1) is 10.2 Å². The molecular formula is C18H21Cl2N3O2. The molecule has 0 atom stereocenters. The Morgan fingerprint density at radius 2 is 1.76 bits per heavy atom. The number of hydrogen-bond donors (Lipinski definition) is 0. The van der Waals surface area contributed by atoms with Crippen molar-refractivity contribution in [1.82, 2.24) is 10.2 Å². The van der Waals surface area contributed by atoms with Crippen LogP contribution in [0.1, 0.15) is 19.3 Å². The Bertz CT molecular complexity index is 689. The normalized spacial score (nSPS) is 15.2. The van der Waals surface area contributed by atoms with Crippen LogP contribution in [0.4, 0.5) is 5.69 Å². The minimum Gasteiger partial charge on any atom is -0.497 e. The first kappa shape index (κ1) is 18.1. The molecule has 0 bridgehead atoms. The van der Waals surface area contributed by atoms with Crippen molar-refractivity contribution in [2.45, 2.75) is 19.3 Å². The van der Waals surface area contributed by atoms with E-state index in [4.69, 9.17) is 32.7 Å². The van der Waals surface area contributed by atoms with Crippen molar-refractivity contribution in [3.05, 3.63) is 40.6 Å². The van der Waals surface area contributed by atoms with E-state index in [1.54, 1.807) is 13.2 Å². The third-order valence-corrected chi connectivity index (χ3v) is 4.96. The lowest BCUT2D eigenvalue weighted by molar-refractivity contribution is 0.258. The van der Waals surface area contributed by atoms with Crippen LogP contribution in [0.5, 0.6) is 11.5 Å². The summed E-state index contributed by atoms with van der Waals surface area (Å²) in [6.07, 6.45) is 3.24.